The molecule has 0 fully saturated rings. The molecule has 2 aromatic carbocycles. The number of carbonyl (C=O) groups is 1. The average Bonchev–Trinajstić information content (AvgIpc) is 2.37. The number of benzene rings is 2. The molecule has 0 radical (unpaired) electrons. The molecule has 20 heavy (non-hydrogen) atoms. The molecule has 0 bridgehead atoms. The molecule has 0 saturated carbocycles. The highest BCUT2D eigenvalue weighted by molar-refractivity contribution is 9.10. The maximum atomic E-state index is 13.8. The second-order valence-corrected chi connectivity index (χ2v) is 5.69. The number of hydrogen-bond donors (Lipinski definition) is 0. The zero-order valence-electron chi connectivity index (χ0n) is 10.2. The van der Waals surface area contributed by atoms with E-state index < -0.39 is 23.0 Å². The van der Waals surface area contributed by atoms with E-state index in [-0.39, 0.29) is 10.0 Å². The molecule has 0 aliphatic rings. The van der Waals surface area contributed by atoms with Crippen LogP contribution in [0.25, 0.3) is 0 Å². The Balaban J connectivity index is 2.52. The lowest BCUT2D eigenvalue weighted by atomic mass is 10.0. The molecular formula is C14H8Br2F2O2. The van der Waals surface area contributed by atoms with Gasteiger partial charge in [0.15, 0.2) is 5.78 Å². The van der Waals surface area contributed by atoms with Gasteiger partial charge in [-0.25, -0.2) is 8.78 Å². The van der Waals surface area contributed by atoms with Gasteiger partial charge in [0.1, 0.15) is 17.4 Å². The molecule has 0 amide bonds. The molecule has 2 aromatic rings. The molecule has 0 aromatic heterocycles. The minimum Gasteiger partial charge on any atom is -0.497 e. The summed E-state index contributed by atoms with van der Waals surface area (Å²) in [6, 6.07) is 6.65. The Labute approximate surface area is 131 Å². The van der Waals surface area contributed by atoms with Crippen LogP contribution in [0.5, 0.6) is 5.75 Å². The molecule has 0 heterocycles. The van der Waals surface area contributed by atoms with Gasteiger partial charge < -0.3 is 4.74 Å². The molecular weight excluding hydrogens is 398 g/mol. The lowest BCUT2D eigenvalue weighted by molar-refractivity contribution is 0.103. The second kappa shape index (κ2) is 6.01. The summed E-state index contributed by atoms with van der Waals surface area (Å²) in [6.45, 7) is 0. The maximum absolute atomic E-state index is 13.8. The fourth-order valence-corrected chi connectivity index (χ4v) is 2.64. The summed E-state index contributed by atoms with van der Waals surface area (Å²) in [5.41, 5.74) is -0.426. The maximum Gasteiger partial charge on any atom is 0.200 e. The fraction of sp³-hybridized carbons (Fsp3) is 0.0714. The van der Waals surface area contributed by atoms with Gasteiger partial charge >= 0.3 is 0 Å². The topological polar surface area (TPSA) is 26.3 Å². The van der Waals surface area contributed by atoms with E-state index in [2.05, 4.69) is 31.9 Å². The standard InChI is InChI=1S/C14H8Br2F2O2/c1-20-8-2-3-9(10(16)6-8)14(19)13-11(17)4-7(15)5-12(13)18/h2-6H,1H3. The van der Waals surface area contributed by atoms with E-state index in [1.807, 2.05) is 0 Å². The van der Waals surface area contributed by atoms with Crippen molar-refractivity contribution in [1.29, 1.82) is 0 Å². The minimum absolute atomic E-state index is 0.158. The third-order valence-electron chi connectivity index (χ3n) is 2.65. The zero-order valence-corrected chi connectivity index (χ0v) is 13.4. The Morgan fingerprint density at radius 3 is 2.20 bits per heavy atom. The Morgan fingerprint density at radius 2 is 1.70 bits per heavy atom. The monoisotopic (exact) mass is 404 g/mol. The van der Waals surface area contributed by atoms with Crippen molar-refractivity contribution in [3.8, 4) is 5.75 Å². The van der Waals surface area contributed by atoms with Gasteiger partial charge in [-0.3, -0.25) is 4.79 Å². The van der Waals surface area contributed by atoms with Crippen LogP contribution in [0, 0.1) is 11.6 Å². The molecule has 6 heteroatoms. The average molecular weight is 406 g/mol. The predicted molar refractivity (Wildman–Crippen MR) is 78.2 cm³/mol. The van der Waals surface area contributed by atoms with Crippen LogP contribution < -0.4 is 4.74 Å². The number of ketones is 1. The molecule has 0 N–H and O–H groups in total. The van der Waals surface area contributed by atoms with Crippen LogP contribution >= 0.6 is 31.9 Å². The number of carbonyl (C=O) groups excluding carboxylic acids is 1. The lowest BCUT2D eigenvalue weighted by Crippen LogP contribution is -2.08. The van der Waals surface area contributed by atoms with Gasteiger partial charge in [-0.1, -0.05) is 15.9 Å². The van der Waals surface area contributed by atoms with Gasteiger partial charge in [0.05, 0.1) is 12.7 Å². The smallest absolute Gasteiger partial charge is 0.200 e. The summed E-state index contributed by atoms with van der Waals surface area (Å²) < 4.78 is 33.2. The molecule has 104 valence electrons. The van der Waals surface area contributed by atoms with Gasteiger partial charge in [-0.15, -0.1) is 0 Å². The highest BCUT2D eigenvalue weighted by Gasteiger charge is 2.21. The molecule has 0 saturated heterocycles. The van der Waals surface area contributed by atoms with Crippen LogP contribution in [-0.2, 0) is 0 Å². The highest BCUT2D eigenvalue weighted by Crippen LogP contribution is 2.28. The Bertz CT molecular complexity index is 664. The van der Waals surface area contributed by atoms with Crippen LogP contribution in [-0.4, -0.2) is 12.9 Å². The largest absolute Gasteiger partial charge is 0.497 e. The summed E-state index contributed by atoms with van der Waals surface area (Å²) in [7, 11) is 1.48. The van der Waals surface area contributed by atoms with Crippen molar-refractivity contribution < 1.29 is 18.3 Å². The van der Waals surface area contributed by atoms with Crippen molar-refractivity contribution in [2.75, 3.05) is 7.11 Å². The van der Waals surface area contributed by atoms with Crippen molar-refractivity contribution in [3.05, 3.63) is 62.0 Å². The number of ether oxygens (including phenoxy) is 1. The Kier molecular flexibility index (Phi) is 4.55. The SMILES string of the molecule is COc1ccc(C(=O)c2c(F)cc(Br)cc2F)c(Br)c1. The van der Waals surface area contributed by atoms with E-state index in [1.165, 1.54) is 13.2 Å². The fourth-order valence-electron chi connectivity index (χ4n) is 1.70. The van der Waals surface area contributed by atoms with Gasteiger partial charge in [-0.2, -0.15) is 0 Å². The van der Waals surface area contributed by atoms with E-state index >= 15 is 0 Å². The summed E-state index contributed by atoms with van der Waals surface area (Å²) in [4.78, 5) is 12.3. The van der Waals surface area contributed by atoms with E-state index in [1.54, 1.807) is 12.1 Å². The first-order valence-corrected chi connectivity index (χ1v) is 7.05. The molecule has 0 unspecified atom stereocenters. The molecule has 0 aliphatic heterocycles. The Morgan fingerprint density at radius 1 is 1.10 bits per heavy atom. The number of methoxy groups -OCH3 is 1. The summed E-state index contributed by atoms with van der Waals surface area (Å²) in [5.74, 6) is -2.03. The molecule has 2 rings (SSSR count). The van der Waals surface area contributed by atoms with Crippen molar-refractivity contribution in [2.24, 2.45) is 0 Å². The molecule has 0 atom stereocenters. The number of rotatable bonds is 3. The first-order chi connectivity index (χ1) is 9.43. The minimum atomic E-state index is -0.912. The predicted octanol–water partition coefficient (Wildman–Crippen LogP) is 4.73. The van der Waals surface area contributed by atoms with Crippen molar-refractivity contribution >= 4 is 37.6 Å². The number of hydrogen-bond acceptors (Lipinski definition) is 2. The van der Waals surface area contributed by atoms with Crippen LogP contribution in [0.3, 0.4) is 0 Å². The van der Waals surface area contributed by atoms with Gasteiger partial charge in [-0.05, 0) is 46.3 Å². The number of halogens is 4. The van der Waals surface area contributed by atoms with Gasteiger partial charge in [0, 0.05) is 14.5 Å². The van der Waals surface area contributed by atoms with Crippen LogP contribution in [0.2, 0.25) is 0 Å². The normalized spacial score (nSPS) is 10.4. The van der Waals surface area contributed by atoms with Crippen molar-refractivity contribution in [1.82, 2.24) is 0 Å². The van der Waals surface area contributed by atoms with Crippen LogP contribution in [0.15, 0.2) is 39.3 Å². The van der Waals surface area contributed by atoms with Crippen LogP contribution in [0.1, 0.15) is 15.9 Å². The quantitative estimate of drug-likeness (QED) is 0.690. The molecule has 2 nitrogen and oxygen atoms in total. The van der Waals surface area contributed by atoms with Crippen LogP contribution in [0.4, 0.5) is 8.78 Å². The summed E-state index contributed by atoms with van der Waals surface area (Å²) >= 11 is 6.16. The van der Waals surface area contributed by atoms with Gasteiger partial charge in [0.2, 0.25) is 0 Å². The van der Waals surface area contributed by atoms with E-state index in [9.17, 15) is 13.6 Å². The van der Waals surface area contributed by atoms with Crippen molar-refractivity contribution in [2.45, 2.75) is 0 Å². The third-order valence-corrected chi connectivity index (χ3v) is 3.77. The van der Waals surface area contributed by atoms with Crippen molar-refractivity contribution in [3.63, 3.8) is 0 Å². The Hall–Kier alpha value is -1.27. The lowest BCUT2D eigenvalue weighted by Gasteiger charge is -2.08. The molecule has 0 aliphatic carbocycles. The summed E-state index contributed by atoms with van der Waals surface area (Å²) in [5, 5.41) is 0. The first-order valence-electron chi connectivity index (χ1n) is 5.47. The third kappa shape index (κ3) is 2.91. The van der Waals surface area contributed by atoms with Gasteiger partial charge in [0.25, 0.3) is 0 Å². The first kappa shape index (κ1) is 15.1. The highest BCUT2D eigenvalue weighted by atomic mass is 79.9. The van der Waals surface area contributed by atoms with E-state index in [0.717, 1.165) is 12.1 Å². The summed E-state index contributed by atoms with van der Waals surface area (Å²) in [6.07, 6.45) is 0. The zero-order chi connectivity index (χ0) is 14.9. The second-order valence-electron chi connectivity index (χ2n) is 3.92. The van der Waals surface area contributed by atoms with E-state index in [4.69, 9.17) is 4.74 Å². The molecule has 0 spiro atoms. The van der Waals surface area contributed by atoms with E-state index in [0.29, 0.717) is 10.2 Å².